The molecular weight excluding hydrogens is 240 g/mol. The Morgan fingerprint density at radius 2 is 2.37 bits per heavy atom. The van der Waals surface area contributed by atoms with Gasteiger partial charge < -0.3 is 15.7 Å². The summed E-state index contributed by atoms with van der Waals surface area (Å²) in [6.45, 7) is 3.67. The smallest absolute Gasteiger partial charge is 0.223 e. The molecule has 4 nitrogen and oxygen atoms in total. The zero-order valence-corrected chi connectivity index (χ0v) is 11.4. The summed E-state index contributed by atoms with van der Waals surface area (Å²) in [6, 6.07) is 7.59. The second kappa shape index (κ2) is 6.57. The Bertz CT molecular complexity index is 434. The minimum absolute atomic E-state index is 0.139. The standard InChI is InChI=1S/C15H22N2O2/c1-11-9-13(6-8-16-11)15(19)17-7-5-12-3-2-4-14(18)10-12/h2-4,10-11,13,16,18H,5-9H2,1H3,(H,17,19)/t11-,13-/m0/s1. The van der Waals surface area contributed by atoms with E-state index in [0.717, 1.165) is 31.4 Å². The van der Waals surface area contributed by atoms with Gasteiger partial charge in [-0.05, 0) is 50.4 Å². The van der Waals surface area contributed by atoms with E-state index < -0.39 is 0 Å². The summed E-state index contributed by atoms with van der Waals surface area (Å²) in [4.78, 5) is 12.0. The third-order valence-electron chi connectivity index (χ3n) is 3.62. The van der Waals surface area contributed by atoms with Gasteiger partial charge in [0, 0.05) is 18.5 Å². The van der Waals surface area contributed by atoms with Crippen LogP contribution in [-0.4, -0.2) is 30.1 Å². The predicted octanol–water partition coefficient (Wildman–Crippen LogP) is 1.44. The molecular formula is C15H22N2O2. The van der Waals surface area contributed by atoms with Gasteiger partial charge in [-0.2, -0.15) is 0 Å². The van der Waals surface area contributed by atoms with Crippen molar-refractivity contribution in [1.82, 2.24) is 10.6 Å². The summed E-state index contributed by atoms with van der Waals surface area (Å²) in [5, 5.41) is 15.7. The second-order valence-corrected chi connectivity index (χ2v) is 5.29. The van der Waals surface area contributed by atoms with Gasteiger partial charge >= 0.3 is 0 Å². The van der Waals surface area contributed by atoms with E-state index in [4.69, 9.17) is 0 Å². The van der Waals surface area contributed by atoms with E-state index in [9.17, 15) is 9.90 Å². The first-order valence-electron chi connectivity index (χ1n) is 6.94. The van der Waals surface area contributed by atoms with E-state index >= 15 is 0 Å². The molecule has 0 aliphatic carbocycles. The summed E-state index contributed by atoms with van der Waals surface area (Å²) < 4.78 is 0. The van der Waals surface area contributed by atoms with Crippen molar-refractivity contribution < 1.29 is 9.90 Å². The normalized spacial score (nSPS) is 23.0. The lowest BCUT2D eigenvalue weighted by Crippen LogP contribution is -2.42. The first-order chi connectivity index (χ1) is 9.15. The number of nitrogens with one attached hydrogen (secondary N) is 2. The number of piperidine rings is 1. The van der Waals surface area contributed by atoms with Gasteiger partial charge in [0.05, 0.1) is 0 Å². The molecule has 0 bridgehead atoms. The zero-order valence-electron chi connectivity index (χ0n) is 11.4. The minimum Gasteiger partial charge on any atom is -0.508 e. The highest BCUT2D eigenvalue weighted by Gasteiger charge is 2.24. The third kappa shape index (κ3) is 4.24. The molecule has 104 valence electrons. The fourth-order valence-corrected chi connectivity index (χ4v) is 2.56. The van der Waals surface area contributed by atoms with Crippen LogP contribution in [0.1, 0.15) is 25.3 Å². The number of benzene rings is 1. The van der Waals surface area contributed by atoms with Crippen LogP contribution in [0.4, 0.5) is 0 Å². The van der Waals surface area contributed by atoms with Crippen molar-refractivity contribution in [2.75, 3.05) is 13.1 Å². The minimum atomic E-state index is 0.139. The molecule has 1 aromatic carbocycles. The Kier molecular flexibility index (Phi) is 4.80. The third-order valence-corrected chi connectivity index (χ3v) is 3.62. The molecule has 1 aromatic rings. The van der Waals surface area contributed by atoms with Crippen molar-refractivity contribution in [1.29, 1.82) is 0 Å². The maximum absolute atomic E-state index is 12.0. The molecule has 0 unspecified atom stereocenters. The number of carbonyl (C=O) groups excluding carboxylic acids is 1. The molecule has 4 heteroatoms. The molecule has 1 saturated heterocycles. The fraction of sp³-hybridized carbons (Fsp3) is 0.533. The number of amides is 1. The molecule has 0 spiro atoms. The number of hydrogen-bond acceptors (Lipinski definition) is 3. The van der Waals surface area contributed by atoms with E-state index in [1.165, 1.54) is 0 Å². The maximum atomic E-state index is 12.0. The topological polar surface area (TPSA) is 61.4 Å². The lowest BCUT2D eigenvalue weighted by atomic mass is 9.92. The Morgan fingerprint density at radius 3 is 3.11 bits per heavy atom. The van der Waals surface area contributed by atoms with E-state index in [1.54, 1.807) is 12.1 Å². The average molecular weight is 262 g/mol. The second-order valence-electron chi connectivity index (χ2n) is 5.29. The van der Waals surface area contributed by atoms with Crippen molar-refractivity contribution in [2.45, 2.75) is 32.2 Å². The van der Waals surface area contributed by atoms with Crippen LogP contribution in [0.3, 0.4) is 0 Å². The van der Waals surface area contributed by atoms with Crippen LogP contribution in [0.25, 0.3) is 0 Å². The maximum Gasteiger partial charge on any atom is 0.223 e. The predicted molar refractivity (Wildman–Crippen MR) is 75.0 cm³/mol. The number of rotatable bonds is 4. The van der Waals surface area contributed by atoms with Crippen LogP contribution >= 0.6 is 0 Å². The molecule has 1 heterocycles. The van der Waals surface area contributed by atoms with E-state index in [-0.39, 0.29) is 17.6 Å². The van der Waals surface area contributed by atoms with E-state index in [2.05, 4.69) is 17.6 Å². The SMILES string of the molecule is C[C@H]1C[C@@H](C(=O)NCCc2cccc(O)c2)CCN1. The first-order valence-corrected chi connectivity index (χ1v) is 6.94. The quantitative estimate of drug-likeness (QED) is 0.769. The summed E-state index contributed by atoms with van der Waals surface area (Å²) in [6.07, 6.45) is 2.58. The van der Waals surface area contributed by atoms with Gasteiger partial charge in [-0.25, -0.2) is 0 Å². The van der Waals surface area contributed by atoms with Crippen LogP contribution in [0.5, 0.6) is 5.75 Å². The number of phenols is 1. The van der Waals surface area contributed by atoms with E-state index in [0.29, 0.717) is 12.6 Å². The van der Waals surface area contributed by atoms with Gasteiger partial charge in [0.2, 0.25) is 5.91 Å². The van der Waals surface area contributed by atoms with Crippen molar-refractivity contribution in [3.05, 3.63) is 29.8 Å². The Hall–Kier alpha value is -1.55. The highest BCUT2D eigenvalue weighted by molar-refractivity contribution is 5.78. The Labute approximate surface area is 114 Å². The zero-order chi connectivity index (χ0) is 13.7. The van der Waals surface area contributed by atoms with Crippen LogP contribution in [0, 0.1) is 5.92 Å². The summed E-state index contributed by atoms with van der Waals surface area (Å²) >= 11 is 0. The fourth-order valence-electron chi connectivity index (χ4n) is 2.56. The van der Waals surface area contributed by atoms with Crippen molar-refractivity contribution >= 4 is 5.91 Å². The summed E-state index contributed by atoms with van der Waals surface area (Å²) in [5.74, 6) is 0.574. The average Bonchev–Trinajstić information content (AvgIpc) is 2.38. The van der Waals surface area contributed by atoms with Crippen molar-refractivity contribution in [2.24, 2.45) is 5.92 Å². The van der Waals surface area contributed by atoms with Gasteiger partial charge in [-0.15, -0.1) is 0 Å². The highest BCUT2D eigenvalue weighted by Crippen LogP contribution is 2.16. The molecule has 2 atom stereocenters. The molecule has 0 aromatic heterocycles. The summed E-state index contributed by atoms with van der Waals surface area (Å²) in [7, 11) is 0. The van der Waals surface area contributed by atoms with E-state index in [1.807, 2.05) is 12.1 Å². The van der Waals surface area contributed by atoms with Gasteiger partial charge in [-0.3, -0.25) is 4.79 Å². The lowest BCUT2D eigenvalue weighted by molar-refractivity contribution is -0.126. The van der Waals surface area contributed by atoms with Crippen LogP contribution in [0.15, 0.2) is 24.3 Å². The summed E-state index contributed by atoms with van der Waals surface area (Å²) in [5.41, 5.74) is 1.04. The monoisotopic (exact) mass is 262 g/mol. The molecule has 2 rings (SSSR count). The number of carbonyl (C=O) groups is 1. The molecule has 1 amide bonds. The van der Waals surface area contributed by atoms with Gasteiger partial charge in [0.25, 0.3) is 0 Å². The molecule has 1 aliphatic rings. The molecule has 1 fully saturated rings. The lowest BCUT2D eigenvalue weighted by Gasteiger charge is -2.27. The van der Waals surface area contributed by atoms with Gasteiger partial charge in [0.1, 0.15) is 5.75 Å². The largest absolute Gasteiger partial charge is 0.508 e. The molecule has 19 heavy (non-hydrogen) atoms. The highest BCUT2D eigenvalue weighted by atomic mass is 16.3. The number of aromatic hydroxyl groups is 1. The molecule has 0 radical (unpaired) electrons. The number of phenolic OH excluding ortho intramolecular Hbond substituents is 1. The van der Waals surface area contributed by atoms with Gasteiger partial charge in [0.15, 0.2) is 0 Å². The van der Waals surface area contributed by atoms with Crippen LogP contribution < -0.4 is 10.6 Å². The first kappa shape index (κ1) is 13.9. The molecule has 3 N–H and O–H groups in total. The Balaban J connectivity index is 1.74. The van der Waals surface area contributed by atoms with Crippen LogP contribution in [-0.2, 0) is 11.2 Å². The van der Waals surface area contributed by atoms with Crippen molar-refractivity contribution in [3.63, 3.8) is 0 Å². The van der Waals surface area contributed by atoms with Gasteiger partial charge in [-0.1, -0.05) is 12.1 Å². The molecule has 1 aliphatic heterocycles. The Morgan fingerprint density at radius 1 is 1.53 bits per heavy atom. The molecule has 0 saturated carbocycles. The van der Waals surface area contributed by atoms with Crippen LogP contribution in [0.2, 0.25) is 0 Å². The van der Waals surface area contributed by atoms with Crippen molar-refractivity contribution in [3.8, 4) is 5.75 Å². The number of hydrogen-bond donors (Lipinski definition) is 3.